The van der Waals surface area contributed by atoms with Crippen LogP contribution in [-0.2, 0) is 0 Å². The summed E-state index contributed by atoms with van der Waals surface area (Å²) >= 11 is 3.05. The Morgan fingerprint density at radius 2 is 2.29 bits per heavy atom. The summed E-state index contributed by atoms with van der Waals surface area (Å²) in [6.45, 7) is 2.36. The molecule has 1 atom stereocenters. The lowest BCUT2D eigenvalue weighted by molar-refractivity contribution is 0.0932. The zero-order valence-electron chi connectivity index (χ0n) is 9.67. The van der Waals surface area contributed by atoms with Gasteiger partial charge in [-0.05, 0) is 34.5 Å². The third kappa shape index (κ3) is 3.78. The lowest BCUT2D eigenvalue weighted by Gasteiger charge is -2.16. The van der Waals surface area contributed by atoms with Crippen molar-refractivity contribution in [1.82, 2.24) is 5.32 Å². The number of amides is 1. The van der Waals surface area contributed by atoms with E-state index in [4.69, 9.17) is 5.73 Å². The lowest BCUT2D eigenvalue weighted by atomic mass is 10.1. The molecule has 0 aromatic heterocycles. The van der Waals surface area contributed by atoms with Gasteiger partial charge >= 0.3 is 0 Å². The van der Waals surface area contributed by atoms with Crippen LogP contribution in [0.3, 0.4) is 0 Å². The molecule has 1 aromatic rings. The van der Waals surface area contributed by atoms with Crippen molar-refractivity contribution in [1.29, 1.82) is 0 Å². The number of halogens is 2. The minimum atomic E-state index is -0.544. The molecule has 1 unspecified atom stereocenters. The van der Waals surface area contributed by atoms with Crippen molar-refractivity contribution in [2.24, 2.45) is 5.73 Å². The Kier molecular flexibility index (Phi) is 5.58. The Morgan fingerprint density at radius 1 is 1.59 bits per heavy atom. The highest BCUT2D eigenvalue weighted by Crippen LogP contribution is 2.18. The monoisotopic (exact) mass is 302 g/mol. The summed E-state index contributed by atoms with van der Waals surface area (Å²) in [6.07, 6.45) is 1.71. The zero-order chi connectivity index (χ0) is 12.8. The molecule has 17 heavy (non-hydrogen) atoms. The van der Waals surface area contributed by atoms with E-state index in [1.807, 2.05) is 6.92 Å². The number of rotatable bonds is 5. The number of carbonyl (C=O) groups excluding carboxylic acids is 1. The van der Waals surface area contributed by atoms with Crippen molar-refractivity contribution in [3.63, 3.8) is 0 Å². The van der Waals surface area contributed by atoms with Crippen LogP contribution in [0.4, 0.5) is 4.39 Å². The average Bonchev–Trinajstić information content (AvgIpc) is 2.31. The van der Waals surface area contributed by atoms with Crippen molar-refractivity contribution in [2.45, 2.75) is 25.8 Å². The first-order valence-electron chi connectivity index (χ1n) is 5.55. The van der Waals surface area contributed by atoms with Crippen LogP contribution in [0.25, 0.3) is 0 Å². The van der Waals surface area contributed by atoms with Crippen molar-refractivity contribution >= 4 is 21.8 Å². The fourth-order valence-corrected chi connectivity index (χ4v) is 1.91. The standard InChI is InChI=1S/C12H16BrFN2O/c1-2-4-8(7-15)16-12(17)9-5-3-6-10(13)11(9)14/h3,5-6,8H,2,4,7,15H2,1H3,(H,16,17). The topological polar surface area (TPSA) is 55.1 Å². The molecular weight excluding hydrogens is 287 g/mol. The molecule has 5 heteroatoms. The van der Waals surface area contributed by atoms with Gasteiger partial charge in [0, 0.05) is 12.6 Å². The van der Waals surface area contributed by atoms with E-state index in [-0.39, 0.29) is 16.1 Å². The molecule has 0 aliphatic heterocycles. The van der Waals surface area contributed by atoms with Gasteiger partial charge in [-0.2, -0.15) is 0 Å². The summed E-state index contributed by atoms with van der Waals surface area (Å²) in [5, 5.41) is 2.73. The third-order valence-electron chi connectivity index (χ3n) is 2.45. The predicted octanol–water partition coefficient (Wildman–Crippen LogP) is 2.45. The maximum absolute atomic E-state index is 13.7. The first kappa shape index (κ1) is 14.1. The van der Waals surface area contributed by atoms with Gasteiger partial charge in [0.25, 0.3) is 5.91 Å². The van der Waals surface area contributed by atoms with Gasteiger partial charge in [-0.25, -0.2) is 4.39 Å². The summed E-state index contributed by atoms with van der Waals surface area (Å²) in [5.74, 6) is -0.968. The summed E-state index contributed by atoms with van der Waals surface area (Å²) < 4.78 is 13.9. The number of nitrogens with two attached hydrogens (primary N) is 1. The third-order valence-corrected chi connectivity index (χ3v) is 3.07. The molecular formula is C12H16BrFN2O. The smallest absolute Gasteiger partial charge is 0.254 e. The Labute approximate surface area is 109 Å². The molecule has 0 saturated carbocycles. The maximum Gasteiger partial charge on any atom is 0.254 e. The highest BCUT2D eigenvalue weighted by atomic mass is 79.9. The Balaban J connectivity index is 2.79. The minimum Gasteiger partial charge on any atom is -0.348 e. The largest absolute Gasteiger partial charge is 0.348 e. The van der Waals surface area contributed by atoms with Crippen LogP contribution in [0.2, 0.25) is 0 Å². The quantitative estimate of drug-likeness (QED) is 0.878. The molecule has 1 amide bonds. The van der Waals surface area contributed by atoms with Crippen molar-refractivity contribution in [3.8, 4) is 0 Å². The zero-order valence-corrected chi connectivity index (χ0v) is 11.3. The second-order valence-corrected chi connectivity index (χ2v) is 4.65. The molecule has 0 heterocycles. The highest BCUT2D eigenvalue weighted by molar-refractivity contribution is 9.10. The van der Waals surface area contributed by atoms with Gasteiger partial charge in [0.05, 0.1) is 10.0 Å². The molecule has 0 saturated heterocycles. The second-order valence-electron chi connectivity index (χ2n) is 3.80. The van der Waals surface area contributed by atoms with Crippen LogP contribution in [0.15, 0.2) is 22.7 Å². The number of hydrogen-bond acceptors (Lipinski definition) is 2. The molecule has 1 aromatic carbocycles. The first-order chi connectivity index (χ1) is 8.10. The Bertz CT molecular complexity index is 398. The summed E-state index contributed by atoms with van der Waals surface area (Å²) in [6, 6.07) is 4.53. The van der Waals surface area contributed by atoms with Crippen molar-refractivity contribution < 1.29 is 9.18 Å². The van der Waals surface area contributed by atoms with Gasteiger partial charge in [0.1, 0.15) is 5.82 Å². The molecule has 94 valence electrons. The molecule has 0 radical (unpaired) electrons. The van der Waals surface area contributed by atoms with Gasteiger partial charge in [-0.15, -0.1) is 0 Å². The fourth-order valence-electron chi connectivity index (χ4n) is 1.54. The van der Waals surface area contributed by atoms with Gasteiger partial charge < -0.3 is 11.1 Å². The van der Waals surface area contributed by atoms with Gasteiger partial charge in [-0.1, -0.05) is 19.4 Å². The van der Waals surface area contributed by atoms with E-state index in [1.54, 1.807) is 12.1 Å². The van der Waals surface area contributed by atoms with Crippen LogP contribution in [-0.4, -0.2) is 18.5 Å². The number of benzene rings is 1. The molecule has 3 nitrogen and oxygen atoms in total. The molecule has 0 aliphatic carbocycles. The normalized spacial score (nSPS) is 12.2. The van der Waals surface area contributed by atoms with Gasteiger partial charge in [-0.3, -0.25) is 4.79 Å². The van der Waals surface area contributed by atoms with E-state index < -0.39 is 11.7 Å². The van der Waals surface area contributed by atoms with E-state index in [9.17, 15) is 9.18 Å². The molecule has 0 bridgehead atoms. The lowest BCUT2D eigenvalue weighted by Crippen LogP contribution is -2.40. The SMILES string of the molecule is CCCC(CN)NC(=O)c1cccc(Br)c1F. The Morgan fingerprint density at radius 3 is 2.88 bits per heavy atom. The van der Waals surface area contributed by atoms with Crippen LogP contribution in [0, 0.1) is 5.82 Å². The van der Waals surface area contributed by atoms with Crippen LogP contribution >= 0.6 is 15.9 Å². The number of hydrogen-bond donors (Lipinski definition) is 2. The van der Waals surface area contributed by atoms with Crippen molar-refractivity contribution in [2.75, 3.05) is 6.54 Å². The molecule has 3 N–H and O–H groups in total. The van der Waals surface area contributed by atoms with Gasteiger partial charge in [0.15, 0.2) is 0 Å². The second kappa shape index (κ2) is 6.71. The minimum absolute atomic E-state index is 0.0360. The Hall–Kier alpha value is -0.940. The summed E-state index contributed by atoms with van der Waals surface area (Å²) in [7, 11) is 0. The van der Waals surface area contributed by atoms with E-state index in [0.29, 0.717) is 6.54 Å². The summed E-state index contributed by atoms with van der Waals surface area (Å²) in [4.78, 5) is 11.8. The van der Waals surface area contributed by atoms with E-state index in [2.05, 4.69) is 21.2 Å². The van der Waals surface area contributed by atoms with E-state index in [1.165, 1.54) is 6.07 Å². The molecule has 0 spiro atoms. The first-order valence-corrected chi connectivity index (χ1v) is 6.34. The van der Waals surface area contributed by atoms with Crippen LogP contribution in [0.1, 0.15) is 30.1 Å². The summed E-state index contributed by atoms with van der Waals surface area (Å²) in [5.41, 5.74) is 5.57. The molecule has 1 rings (SSSR count). The fraction of sp³-hybridized carbons (Fsp3) is 0.417. The molecule has 0 aliphatic rings. The van der Waals surface area contributed by atoms with Crippen LogP contribution < -0.4 is 11.1 Å². The van der Waals surface area contributed by atoms with Gasteiger partial charge in [0.2, 0.25) is 0 Å². The molecule has 0 fully saturated rings. The predicted molar refractivity (Wildman–Crippen MR) is 69.3 cm³/mol. The van der Waals surface area contributed by atoms with Crippen LogP contribution in [0.5, 0.6) is 0 Å². The number of nitrogens with one attached hydrogen (secondary N) is 1. The highest BCUT2D eigenvalue weighted by Gasteiger charge is 2.16. The maximum atomic E-state index is 13.7. The van der Waals surface area contributed by atoms with Crippen molar-refractivity contribution in [3.05, 3.63) is 34.1 Å². The van der Waals surface area contributed by atoms with E-state index >= 15 is 0 Å². The average molecular weight is 303 g/mol. The van der Waals surface area contributed by atoms with E-state index in [0.717, 1.165) is 12.8 Å². The number of carbonyl (C=O) groups is 1.